The molecule has 1 rings (SSSR count). The van der Waals surface area contributed by atoms with Crippen molar-refractivity contribution in [3.8, 4) is 5.75 Å². The number of pyridine rings is 1. The molecule has 0 unspecified atom stereocenters. The summed E-state index contributed by atoms with van der Waals surface area (Å²) in [6, 6.07) is 0. The molecule has 0 atom stereocenters. The first-order chi connectivity index (χ1) is 8.53. The van der Waals surface area contributed by atoms with Crippen molar-refractivity contribution in [3.05, 3.63) is 27.2 Å². The maximum absolute atomic E-state index is 12.2. The van der Waals surface area contributed by atoms with Crippen molar-refractivity contribution in [1.82, 2.24) is 4.57 Å². The summed E-state index contributed by atoms with van der Waals surface area (Å²) >= 11 is 0. The molecule has 0 amide bonds. The highest BCUT2D eigenvalue weighted by Crippen LogP contribution is 2.25. The van der Waals surface area contributed by atoms with Gasteiger partial charge in [0.2, 0.25) is 0 Å². The van der Waals surface area contributed by atoms with Gasteiger partial charge in [0.1, 0.15) is 5.75 Å². The minimum absolute atomic E-state index is 0.240. The zero-order valence-electron chi connectivity index (χ0n) is 11.2. The molecule has 1 heterocycles. The number of esters is 1. The predicted octanol–water partition coefficient (Wildman–Crippen LogP) is 1.49. The summed E-state index contributed by atoms with van der Waals surface area (Å²) in [6.45, 7) is 6.08. The fourth-order valence-corrected chi connectivity index (χ4v) is 2.21. The van der Waals surface area contributed by atoms with E-state index in [1.165, 1.54) is 11.7 Å². The van der Waals surface area contributed by atoms with Crippen LogP contribution < -0.4 is 5.56 Å². The number of hydrogen-bond acceptors (Lipinski definition) is 4. The molecule has 5 heteroatoms. The fourth-order valence-electron chi connectivity index (χ4n) is 2.21. The zero-order chi connectivity index (χ0) is 13.9. The standard InChI is InChI=1S/C13H19NO4/c1-5-8-9(6-2)14(7-3)12(16)10(11(8)15)13(17)18-4/h15H,5-7H2,1-4H3. The third kappa shape index (κ3) is 2.12. The fraction of sp³-hybridized carbons (Fsp3) is 0.538. The normalized spacial score (nSPS) is 10.4. The van der Waals surface area contributed by atoms with E-state index in [9.17, 15) is 14.7 Å². The summed E-state index contributed by atoms with van der Waals surface area (Å²) in [6.07, 6.45) is 1.18. The number of carbonyl (C=O) groups is 1. The first-order valence-corrected chi connectivity index (χ1v) is 6.09. The Hall–Kier alpha value is -1.78. The zero-order valence-corrected chi connectivity index (χ0v) is 11.2. The Balaban J connectivity index is 3.76. The molecular formula is C13H19NO4. The molecule has 0 bridgehead atoms. The number of methoxy groups -OCH3 is 1. The quantitative estimate of drug-likeness (QED) is 0.825. The third-order valence-corrected chi connectivity index (χ3v) is 3.05. The molecule has 0 fully saturated rings. The molecule has 0 aliphatic rings. The van der Waals surface area contributed by atoms with Crippen LogP contribution in [0.15, 0.2) is 4.79 Å². The molecule has 5 nitrogen and oxygen atoms in total. The molecule has 18 heavy (non-hydrogen) atoms. The summed E-state index contributed by atoms with van der Waals surface area (Å²) in [5.74, 6) is -1.03. The highest BCUT2D eigenvalue weighted by molar-refractivity contribution is 5.92. The van der Waals surface area contributed by atoms with Crippen molar-refractivity contribution in [3.63, 3.8) is 0 Å². The van der Waals surface area contributed by atoms with Crippen LogP contribution in [0.25, 0.3) is 0 Å². The summed E-state index contributed by atoms with van der Waals surface area (Å²) in [4.78, 5) is 23.8. The van der Waals surface area contributed by atoms with Gasteiger partial charge in [-0.25, -0.2) is 4.79 Å². The van der Waals surface area contributed by atoms with E-state index in [0.717, 1.165) is 5.69 Å². The maximum Gasteiger partial charge on any atom is 0.347 e. The minimum atomic E-state index is -0.794. The van der Waals surface area contributed by atoms with Gasteiger partial charge in [-0.2, -0.15) is 0 Å². The molecule has 0 spiro atoms. The lowest BCUT2D eigenvalue weighted by Gasteiger charge is -2.17. The molecule has 1 aromatic heterocycles. The van der Waals surface area contributed by atoms with Crippen LogP contribution in [-0.4, -0.2) is 22.8 Å². The monoisotopic (exact) mass is 253 g/mol. The topological polar surface area (TPSA) is 68.5 Å². The van der Waals surface area contributed by atoms with Gasteiger partial charge >= 0.3 is 5.97 Å². The first kappa shape index (κ1) is 14.3. The largest absolute Gasteiger partial charge is 0.506 e. The number of nitrogens with zero attached hydrogens (tertiary/aromatic N) is 1. The van der Waals surface area contributed by atoms with Crippen LogP contribution in [0.1, 0.15) is 42.4 Å². The van der Waals surface area contributed by atoms with Crippen molar-refractivity contribution in [2.75, 3.05) is 7.11 Å². The molecule has 0 radical (unpaired) electrons. The molecule has 100 valence electrons. The molecule has 0 aromatic carbocycles. The molecular weight excluding hydrogens is 234 g/mol. The average Bonchev–Trinajstić information content (AvgIpc) is 2.37. The third-order valence-electron chi connectivity index (χ3n) is 3.05. The second kappa shape index (κ2) is 5.71. The van der Waals surface area contributed by atoms with Gasteiger partial charge in [-0.3, -0.25) is 4.79 Å². The molecule has 0 aliphatic heterocycles. The Morgan fingerprint density at radius 3 is 2.28 bits per heavy atom. The van der Waals surface area contributed by atoms with Gasteiger partial charge in [0.15, 0.2) is 5.56 Å². The highest BCUT2D eigenvalue weighted by Gasteiger charge is 2.24. The lowest BCUT2D eigenvalue weighted by molar-refractivity contribution is 0.0594. The second-order valence-corrected chi connectivity index (χ2v) is 3.90. The summed E-state index contributed by atoms with van der Waals surface area (Å²) < 4.78 is 6.08. The summed E-state index contributed by atoms with van der Waals surface area (Å²) in [7, 11) is 1.19. The lowest BCUT2D eigenvalue weighted by atomic mass is 10.0. The van der Waals surface area contributed by atoms with Gasteiger partial charge in [-0.15, -0.1) is 0 Å². The smallest absolute Gasteiger partial charge is 0.347 e. The van der Waals surface area contributed by atoms with Crippen LogP contribution in [-0.2, 0) is 24.1 Å². The molecule has 0 saturated carbocycles. The molecule has 0 saturated heterocycles. The van der Waals surface area contributed by atoms with E-state index < -0.39 is 11.5 Å². The molecule has 1 aromatic rings. The maximum atomic E-state index is 12.2. The van der Waals surface area contributed by atoms with E-state index in [2.05, 4.69) is 4.74 Å². The SMILES string of the molecule is CCc1c(O)c(C(=O)OC)c(=O)n(CC)c1CC. The van der Waals surface area contributed by atoms with E-state index in [0.29, 0.717) is 24.9 Å². The summed E-state index contributed by atoms with van der Waals surface area (Å²) in [5.41, 5.74) is 0.652. The van der Waals surface area contributed by atoms with Crippen molar-refractivity contribution < 1.29 is 14.6 Å². The van der Waals surface area contributed by atoms with Gasteiger partial charge in [-0.05, 0) is 19.8 Å². The van der Waals surface area contributed by atoms with Crippen LogP contribution in [0, 0.1) is 0 Å². The van der Waals surface area contributed by atoms with E-state index in [-0.39, 0.29) is 11.3 Å². The van der Waals surface area contributed by atoms with Crippen LogP contribution >= 0.6 is 0 Å². The number of aromatic nitrogens is 1. The second-order valence-electron chi connectivity index (χ2n) is 3.90. The van der Waals surface area contributed by atoms with Crippen LogP contribution in [0.3, 0.4) is 0 Å². The number of carbonyl (C=O) groups excluding carboxylic acids is 1. The average molecular weight is 253 g/mol. The van der Waals surface area contributed by atoms with Crippen molar-refractivity contribution in [2.24, 2.45) is 0 Å². The molecule has 1 N–H and O–H groups in total. The van der Waals surface area contributed by atoms with E-state index in [1.54, 1.807) is 0 Å². The first-order valence-electron chi connectivity index (χ1n) is 6.09. The van der Waals surface area contributed by atoms with Crippen LogP contribution in [0.4, 0.5) is 0 Å². The van der Waals surface area contributed by atoms with Crippen molar-refractivity contribution in [2.45, 2.75) is 40.2 Å². The van der Waals surface area contributed by atoms with Gasteiger partial charge in [0.05, 0.1) is 7.11 Å². The Kier molecular flexibility index (Phi) is 4.53. The van der Waals surface area contributed by atoms with Gasteiger partial charge in [0.25, 0.3) is 5.56 Å². The number of rotatable bonds is 4. The van der Waals surface area contributed by atoms with Crippen LogP contribution in [0.2, 0.25) is 0 Å². The number of ether oxygens (including phenoxy) is 1. The Morgan fingerprint density at radius 2 is 1.89 bits per heavy atom. The highest BCUT2D eigenvalue weighted by atomic mass is 16.5. The number of hydrogen-bond donors (Lipinski definition) is 1. The Bertz CT molecular complexity index is 517. The molecule has 0 aliphatic carbocycles. The van der Waals surface area contributed by atoms with E-state index in [4.69, 9.17) is 0 Å². The Labute approximate surface area is 106 Å². The van der Waals surface area contributed by atoms with Gasteiger partial charge in [-0.1, -0.05) is 13.8 Å². The lowest BCUT2D eigenvalue weighted by Crippen LogP contribution is -2.30. The number of aromatic hydroxyl groups is 1. The van der Waals surface area contributed by atoms with E-state index in [1.807, 2.05) is 20.8 Å². The summed E-state index contributed by atoms with van der Waals surface area (Å²) in [5, 5.41) is 10.1. The van der Waals surface area contributed by atoms with Gasteiger partial charge in [0, 0.05) is 17.8 Å². The van der Waals surface area contributed by atoms with E-state index >= 15 is 0 Å². The predicted molar refractivity (Wildman–Crippen MR) is 68.1 cm³/mol. The minimum Gasteiger partial charge on any atom is -0.506 e. The Morgan fingerprint density at radius 1 is 1.28 bits per heavy atom. The van der Waals surface area contributed by atoms with Crippen LogP contribution in [0.5, 0.6) is 5.75 Å². The van der Waals surface area contributed by atoms with Crippen molar-refractivity contribution in [1.29, 1.82) is 0 Å². The van der Waals surface area contributed by atoms with Crippen molar-refractivity contribution >= 4 is 5.97 Å². The van der Waals surface area contributed by atoms with Gasteiger partial charge < -0.3 is 14.4 Å².